The van der Waals surface area contributed by atoms with Crippen molar-refractivity contribution in [3.05, 3.63) is 53.9 Å². The summed E-state index contributed by atoms with van der Waals surface area (Å²) in [4.78, 5) is 18.4. The van der Waals surface area contributed by atoms with Gasteiger partial charge in [-0.05, 0) is 36.8 Å². The molecule has 1 aliphatic heterocycles. The van der Waals surface area contributed by atoms with Gasteiger partial charge in [-0.15, -0.1) is 0 Å². The summed E-state index contributed by atoms with van der Waals surface area (Å²) >= 11 is 0. The maximum absolute atomic E-state index is 13.3. The number of carbonyl (C=O) groups is 1. The van der Waals surface area contributed by atoms with Crippen molar-refractivity contribution in [2.24, 2.45) is 11.8 Å². The highest BCUT2D eigenvalue weighted by Crippen LogP contribution is 2.39. The van der Waals surface area contributed by atoms with E-state index in [1.54, 1.807) is 0 Å². The van der Waals surface area contributed by atoms with E-state index >= 15 is 0 Å². The molecule has 2 fully saturated rings. The van der Waals surface area contributed by atoms with Gasteiger partial charge in [-0.2, -0.15) is 0 Å². The molecule has 1 saturated heterocycles. The SMILES string of the molecule is O=C(CN1C[C@H]2C[C@H](Oc3cc(F)cc(F)c3)C[C@H]2C1)c1ccc(O)cn1. The molecule has 2 heterocycles. The van der Waals surface area contributed by atoms with Crippen LogP contribution in [-0.2, 0) is 0 Å². The Labute approximate surface area is 155 Å². The van der Waals surface area contributed by atoms with Crippen LogP contribution in [0, 0.1) is 23.5 Å². The fourth-order valence-electron chi connectivity index (χ4n) is 4.19. The van der Waals surface area contributed by atoms with Crippen molar-refractivity contribution < 1.29 is 23.4 Å². The maximum Gasteiger partial charge on any atom is 0.195 e. The summed E-state index contributed by atoms with van der Waals surface area (Å²) in [6, 6.07) is 6.21. The molecule has 1 aliphatic carbocycles. The molecule has 27 heavy (non-hydrogen) atoms. The average molecular weight is 374 g/mol. The molecule has 142 valence electrons. The molecule has 2 aromatic rings. The largest absolute Gasteiger partial charge is 0.506 e. The van der Waals surface area contributed by atoms with Crippen LogP contribution in [0.5, 0.6) is 11.5 Å². The topological polar surface area (TPSA) is 62.7 Å². The molecule has 5 nitrogen and oxygen atoms in total. The minimum absolute atomic E-state index is 0.0338. The first-order valence-corrected chi connectivity index (χ1v) is 8.99. The Kier molecular flexibility index (Phi) is 4.78. The number of carbonyl (C=O) groups excluding carboxylic acids is 1. The van der Waals surface area contributed by atoms with Crippen LogP contribution < -0.4 is 4.74 Å². The number of aromatic hydroxyl groups is 1. The number of fused-ring (bicyclic) bond motifs is 1. The monoisotopic (exact) mass is 374 g/mol. The summed E-state index contributed by atoms with van der Waals surface area (Å²) in [6.07, 6.45) is 2.83. The van der Waals surface area contributed by atoms with Crippen LogP contribution in [0.4, 0.5) is 8.78 Å². The minimum atomic E-state index is -0.643. The smallest absolute Gasteiger partial charge is 0.195 e. The quantitative estimate of drug-likeness (QED) is 0.815. The van der Waals surface area contributed by atoms with E-state index in [1.807, 2.05) is 0 Å². The highest BCUT2D eigenvalue weighted by Gasteiger charge is 2.42. The molecule has 0 unspecified atom stereocenters. The third kappa shape index (κ3) is 4.08. The molecule has 3 atom stereocenters. The van der Waals surface area contributed by atoms with Gasteiger partial charge in [0.1, 0.15) is 28.8 Å². The third-order valence-electron chi connectivity index (χ3n) is 5.32. The van der Waals surface area contributed by atoms with Crippen molar-refractivity contribution >= 4 is 5.78 Å². The van der Waals surface area contributed by atoms with Crippen molar-refractivity contribution in [1.82, 2.24) is 9.88 Å². The molecule has 1 saturated carbocycles. The van der Waals surface area contributed by atoms with Crippen LogP contribution >= 0.6 is 0 Å². The average Bonchev–Trinajstić information content (AvgIpc) is 3.12. The molecular weight excluding hydrogens is 354 g/mol. The molecule has 0 amide bonds. The van der Waals surface area contributed by atoms with Gasteiger partial charge in [-0.1, -0.05) is 0 Å². The minimum Gasteiger partial charge on any atom is -0.506 e. The van der Waals surface area contributed by atoms with Gasteiger partial charge in [-0.25, -0.2) is 13.8 Å². The number of benzene rings is 1. The Morgan fingerprint density at radius 3 is 2.41 bits per heavy atom. The van der Waals surface area contributed by atoms with Gasteiger partial charge in [0.05, 0.1) is 18.8 Å². The fourth-order valence-corrected chi connectivity index (χ4v) is 4.19. The zero-order chi connectivity index (χ0) is 19.0. The molecule has 1 aromatic heterocycles. The Hall–Kier alpha value is -2.54. The lowest BCUT2D eigenvalue weighted by atomic mass is 10.0. The van der Waals surface area contributed by atoms with Crippen LogP contribution in [0.2, 0.25) is 0 Å². The molecule has 0 bridgehead atoms. The van der Waals surface area contributed by atoms with E-state index in [1.165, 1.54) is 30.5 Å². The standard InChI is InChI=1S/C20H20F2N2O3/c21-14-5-15(22)7-18(6-14)27-17-3-12-9-24(10-13(12)4-17)11-20(26)19-2-1-16(25)8-23-19/h1-2,5-8,12-13,17,25H,3-4,9-11H2/t12-,13+,17+. The second-order valence-corrected chi connectivity index (χ2v) is 7.36. The molecular formula is C20H20F2N2O3. The number of rotatable bonds is 5. The Morgan fingerprint density at radius 2 is 1.81 bits per heavy atom. The first kappa shape index (κ1) is 17.9. The third-order valence-corrected chi connectivity index (χ3v) is 5.32. The summed E-state index contributed by atoms with van der Waals surface area (Å²) in [7, 11) is 0. The van der Waals surface area contributed by atoms with E-state index in [0.717, 1.165) is 32.0 Å². The Morgan fingerprint density at radius 1 is 1.15 bits per heavy atom. The van der Waals surface area contributed by atoms with Crippen LogP contribution in [0.3, 0.4) is 0 Å². The molecule has 0 spiro atoms. The van der Waals surface area contributed by atoms with Crippen LogP contribution in [0.1, 0.15) is 23.3 Å². The first-order valence-electron chi connectivity index (χ1n) is 8.99. The highest BCUT2D eigenvalue weighted by atomic mass is 19.1. The number of hydrogen-bond acceptors (Lipinski definition) is 5. The van der Waals surface area contributed by atoms with Gasteiger partial charge in [0.2, 0.25) is 0 Å². The highest BCUT2D eigenvalue weighted by molar-refractivity contribution is 5.95. The van der Waals surface area contributed by atoms with Gasteiger partial charge in [0.15, 0.2) is 5.78 Å². The summed E-state index contributed by atoms with van der Waals surface area (Å²) in [5.41, 5.74) is 0.346. The van der Waals surface area contributed by atoms with Gasteiger partial charge >= 0.3 is 0 Å². The van der Waals surface area contributed by atoms with E-state index in [9.17, 15) is 18.7 Å². The fraction of sp³-hybridized carbons (Fsp3) is 0.400. The first-order chi connectivity index (χ1) is 13.0. The number of likely N-dealkylation sites (tertiary alicyclic amines) is 1. The predicted molar refractivity (Wildman–Crippen MR) is 93.7 cm³/mol. The Balaban J connectivity index is 1.30. The number of aromatic nitrogens is 1. The van der Waals surface area contributed by atoms with Gasteiger partial charge in [0, 0.05) is 31.3 Å². The lowest BCUT2D eigenvalue weighted by Gasteiger charge is -2.19. The van der Waals surface area contributed by atoms with Crippen molar-refractivity contribution in [1.29, 1.82) is 0 Å². The van der Waals surface area contributed by atoms with E-state index in [4.69, 9.17) is 4.74 Å². The molecule has 4 rings (SSSR count). The van der Waals surface area contributed by atoms with Crippen molar-refractivity contribution in [3.63, 3.8) is 0 Å². The van der Waals surface area contributed by atoms with Crippen LogP contribution in [-0.4, -0.2) is 46.5 Å². The predicted octanol–water partition coefficient (Wildman–Crippen LogP) is 3.04. The van der Waals surface area contributed by atoms with Crippen LogP contribution in [0.15, 0.2) is 36.5 Å². The molecule has 0 radical (unpaired) electrons. The number of hydrogen-bond donors (Lipinski definition) is 1. The molecule has 1 N–H and O–H groups in total. The van der Waals surface area contributed by atoms with Crippen molar-refractivity contribution in [2.45, 2.75) is 18.9 Å². The normalized spacial score (nSPS) is 24.7. The van der Waals surface area contributed by atoms with Gasteiger partial charge < -0.3 is 9.84 Å². The van der Waals surface area contributed by atoms with Gasteiger partial charge in [-0.3, -0.25) is 9.69 Å². The number of ketones is 1. The summed E-state index contributed by atoms with van der Waals surface area (Å²) < 4.78 is 32.4. The van der Waals surface area contributed by atoms with Crippen molar-refractivity contribution in [2.75, 3.05) is 19.6 Å². The Bertz CT molecular complexity index is 809. The number of nitrogens with zero attached hydrogens (tertiary/aromatic N) is 2. The lowest BCUT2D eigenvalue weighted by Crippen LogP contribution is -2.30. The molecule has 2 aliphatic rings. The zero-order valence-electron chi connectivity index (χ0n) is 14.6. The summed E-state index contributed by atoms with van der Waals surface area (Å²) in [5, 5.41) is 9.25. The van der Waals surface area contributed by atoms with E-state index < -0.39 is 11.6 Å². The lowest BCUT2D eigenvalue weighted by molar-refractivity contribution is 0.0932. The van der Waals surface area contributed by atoms with Gasteiger partial charge in [0.25, 0.3) is 0 Å². The van der Waals surface area contributed by atoms with Crippen LogP contribution in [0.25, 0.3) is 0 Å². The number of Topliss-reactive ketones (excluding diaryl/α,β-unsaturated/α-hetero) is 1. The molecule has 1 aromatic carbocycles. The van der Waals surface area contributed by atoms with Crippen molar-refractivity contribution in [3.8, 4) is 11.5 Å². The number of ether oxygens (including phenoxy) is 1. The maximum atomic E-state index is 13.3. The molecule has 7 heteroatoms. The second-order valence-electron chi connectivity index (χ2n) is 7.36. The summed E-state index contributed by atoms with van der Waals surface area (Å²) in [6.45, 7) is 1.89. The summed E-state index contributed by atoms with van der Waals surface area (Å²) in [5.74, 6) is -0.276. The van der Waals surface area contributed by atoms with E-state index in [2.05, 4.69) is 9.88 Å². The van der Waals surface area contributed by atoms with E-state index in [0.29, 0.717) is 24.1 Å². The number of halogens is 2. The zero-order valence-corrected chi connectivity index (χ0v) is 14.6. The van der Waals surface area contributed by atoms with E-state index in [-0.39, 0.29) is 23.4 Å². The number of pyridine rings is 1. The second kappa shape index (κ2) is 7.23.